The molecule has 20 heavy (non-hydrogen) atoms. The first kappa shape index (κ1) is 15.8. The van der Waals surface area contributed by atoms with Gasteiger partial charge in [0.2, 0.25) is 0 Å². The molecule has 1 heterocycles. The highest BCUT2D eigenvalue weighted by molar-refractivity contribution is 9.12. The molecular weight excluding hydrogens is 406 g/mol. The summed E-state index contributed by atoms with van der Waals surface area (Å²) >= 11 is 8.79. The van der Waals surface area contributed by atoms with Gasteiger partial charge < -0.3 is 14.8 Å². The summed E-state index contributed by atoms with van der Waals surface area (Å²) in [5.74, 6) is 1.56. The van der Waals surface area contributed by atoms with Crippen LogP contribution in [0.2, 0.25) is 0 Å². The van der Waals surface area contributed by atoms with Crippen molar-refractivity contribution in [3.05, 3.63) is 43.0 Å². The van der Waals surface area contributed by atoms with Gasteiger partial charge in [-0.1, -0.05) is 0 Å². The van der Waals surface area contributed by atoms with Crippen LogP contribution in [0.25, 0.3) is 0 Å². The molecule has 0 radical (unpaired) electrons. The Morgan fingerprint density at radius 1 is 1.05 bits per heavy atom. The Kier molecular flexibility index (Phi) is 5.49. The average Bonchev–Trinajstić information content (AvgIpc) is 2.78. The molecule has 0 saturated heterocycles. The molecule has 0 saturated carbocycles. The molecule has 0 bridgehead atoms. The van der Waals surface area contributed by atoms with E-state index in [4.69, 9.17) is 9.47 Å². The summed E-state index contributed by atoms with van der Waals surface area (Å²) < 4.78 is 12.9. The molecule has 1 unspecified atom stereocenters. The Bertz CT molecular complexity index is 579. The van der Waals surface area contributed by atoms with Crippen LogP contribution in [0.4, 0.5) is 0 Å². The van der Waals surface area contributed by atoms with Crippen LogP contribution < -0.4 is 14.8 Å². The van der Waals surface area contributed by atoms with E-state index in [9.17, 15) is 0 Å². The fraction of sp³-hybridized carbons (Fsp3) is 0.286. The summed E-state index contributed by atoms with van der Waals surface area (Å²) in [6.07, 6.45) is 0. The number of hydrogen-bond acceptors (Lipinski definition) is 4. The maximum absolute atomic E-state index is 5.34. The zero-order chi connectivity index (χ0) is 14.7. The molecule has 0 aliphatic heterocycles. The van der Waals surface area contributed by atoms with Crippen LogP contribution >= 0.6 is 43.2 Å². The van der Waals surface area contributed by atoms with Crippen molar-refractivity contribution in [1.82, 2.24) is 5.32 Å². The van der Waals surface area contributed by atoms with E-state index in [1.54, 1.807) is 25.6 Å². The van der Waals surface area contributed by atoms with Gasteiger partial charge in [-0.2, -0.15) is 0 Å². The van der Waals surface area contributed by atoms with E-state index in [0.717, 1.165) is 24.6 Å². The standard InChI is InChI=1S/C14H15Br2NO2S/c1-17-13(11-7-12(15)20-14(11)16)8-4-9(18-2)6-10(5-8)19-3/h4-7,13,17H,1-3H3. The van der Waals surface area contributed by atoms with Crippen molar-refractivity contribution in [3.8, 4) is 11.5 Å². The lowest BCUT2D eigenvalue weighted by Gasteiger charge is -2.18. The third-order valence-electron chi connectivity index (χ3n) is 2.99. The molecule has 6 heteroatoms. The van der Waals surface area contributed by atoms with E-state index in [2.05, 4.69) is 43.2 Å². The number of thiophene rings is 1. The number of benzene rings is 1. The molecule has 1 aromatic carbocycles. The fourth-order valence-electron chi connectivity index (χ4n) is 2.05. The van der Waals surface area contributed by atoms with Crippen LogP contribution in [-0.4, -0.2) is 21.3 Å². The Morgan fingerprint density at radius 2 is 1.65 bits per heavy atom. The van der Waals surface area contributed by atoms with E-state index in [0.29, 0.717) is 0 Å². The summed E-state index contributed by atoms with van der Waals surface area (Å²) in [5, 5.41) is 3.34. The lowest BCUT2D eigenvalue weighted by molar-refractivity contribution is 0.392. The average molecular weight is 421 g/mol. The van der Waals surface area contributed by atoms with Gasteiger partial charge in [0.15, 0.2) is 0 Å². The van der Waals surface area contributed by atoms with Crippen molar-refractivity contribution in [2.45, 2.75) is 6.04 Å². The highest BCUT2D eigenvalue weighted by Gasteiger charge is 2.19. The molecule has 1 atom stereocenters. The third kappa shape index (κ3) is 3.36. The predicted octanol–water partition coefficient (Wildman–Crippen LogP) is 4.60. The molecule has 2 rings (SSSR count). The van der Waals surface area contributed by atoms with Crippen LogP contribution in [0.5, 0.6) is 11.5 Å². The zero-order valence-corrected chi connectivity index (χ0v) is 15.4. The van der Waals surface area contributed by atoms with Crippen LogP contribution in [0.15, 0.2) is 31.8 Å². The predicted molar refractivity (Wildman–Crippen MR) is 90.2 cm³/mol. The highest BCUT2D eigenvalue weighted by Crippen LogP contribution is 2.39. The molecule has 108 valence electrons. The van der Waals surface area contributed by atoms with E-state index in [1.165, 1.54) is 5.56 Å². The molecule has 0 fully saturated rings. The summed E-state index contributed by atoms with van der Waals surface area (Å²) in [4.78, 5) is 0. The maximum Gasteiger partial charge on any atom is 0.122 e. The van der Waals surface area contributed by atoms with Crippen molar-refractivity contribution in [1.29, 1.82) is 0 Å². The maximum atomic E-state index is 5.34. The second-order valence-corrected chi connectivity index (χ2v) is 7.90. The molecule has 1 N–H and O–H groups in total. The van der Waals surface area contributed by atoms with Gasteiger partial charge >= 0.3 is 0 Å². The minimum atomic E-state index is 0.0657. The molecule has 2 aromatic rings. The summed E-state index contributed by atoms with van der Waals surface area (Å²) in [7, 11) is 5.25. The number of nitrogens with one attached hydrogen (secondary N) is 1. The van der Waals surface area contributed by atoms with E-state index < -0.39 is 0 Å². The van der Waals surface area contributed by atoms with E-state index in [1.807, 2.05) is 25.2 Å². The first-order chi connectivity index (χ1) is 9.58. The number of methoxy groups -OCH3 is 2. The Morgan fingerprint density at radius 3 is 2.05 bits per heavy atom. The van der Waals surface area contributed by atoms with Gasteiger partial charge in [-0.05, 0) is 68.2 Å². The van der Waals surface area contributed by atoms with Crippen molar-refractivity contribution in [2.75, 3.05) is 21.3 Å². The number of hydrogen-bond donors (Lipinski definition) is 1. The topological polar surface area (TPSA) is 30.5 Å². The zero-order valence-electron chi connectivity index (χ0n) is 11.4. The van der Waals surface area contributed by atoms with Gasteiger partial charge in [-0.25, -0.2) is 0 Å². The van der Waals surface area contributed by atoms with E-state index >= 15 is 0 Å². The minimum Gasteiger partial charge on any atom is -0.497 e. The molecule has 0 aliphatic rings. The smallest absolute Gasteiger partial charge is 0.122 e. The summed E-state index contributed by atoms with van der Waals surface area (Å²) in [6, 6.07) is 8.08. The highest BCUT2D eigenvalue weighted by atomic mass is 79.9. The summed E-state index contributed by atoms with van der Waals surface area (Å²) in [6.45, 7) is 0. The van der Waals surface area contributed by atoms with Crippen LogP contribution in [0.3, 0.4) is 0 Å². The summed E-state index contributed by atoms with van der Waals surface area (Å²) in [5.41, 5.74) is 2.27. The SMILES string of the molecule is CNC(c1cc(OC)cc(OC)c1)c1cc(Br)sc1Br. The second kappa shape index (κ2) is 6.93. The normalized spacial score (nSPS) is 12.2. The molecule has 1 aromatic heterocycles. The Labute approximate surface area is 139 Å². The first-order valence-corrected chi connectivity index (χ1v) is 8.34. The number of halogens is 2. The van der Waals surface area contributed by atoms with Crippen molar-refractivity contribution >= 4 is 43.2 Å². The van der Waals surface area contributed by atoms with Crippen LogP contribution in [0.1, 0.15) is 17.2 Å². The van der Waals surface area contributed by atoms with Crippen molar-refractivity contribution in [3.63, 3.8) is 0 Å². The molecule has 0 amide bonds. The van der Waals surface area contributed by atoms with Gasteiger partial charge in [0.1, 0.15) is 11.5 Å². The molecule has 0 aliphatic carbocycles. The van der Waals surface area contributed by atoms with Crippen molar-refractivity contribution in [2.24, 2.45) is 0 Å². The largest absolute Gasteiger partial charge is 0.497 e. The van der Waals surface area contributed by atoms with Gasteiger partial charge in [-0.3, -0.25) is 0 Å². The molecule has 0 spiro atoms. The van der Waals surface area contributed by atoms with Gasteiger partial charge in [-0.15, -0.1) is 11.3 Å². The molecular formula is C14H15Br2NO2S. The lowest BCUT2D eigenvalue weighted by Crippen LogP contribution is -2.17. The van der Waals surface area contributed by atoms with Crippen LogP contribution in [0, 0.1) is 0 Å². The fourth-order valence-corrected chi connectivity index (χ4v) is 4.95. The second-order valence-electron chi connectivity index (χ2n) is 4.15. The van der Waals surface area contributed by atoms with Crippen molar-refractivity contribution < 1.29 is 9.47 Å². The van der Waals surface area contributed by atoms with Gasteiger partial charge in [0, 0.05) is 6.07 Å². The number of ether oxygens (including phenoxy) is 2. The quantitative estimate of drug-likeness (QED) is 0.766. The minimum absolute atomic E-state index is 0.0657. The lowest BCUT2D eigenvalue weighted by atomic mass is 10.0. The monoisotopic (exact) mass is 419 g/mol. The van der Waals surface area contributed by atoms with E-state index in [-0.39, 0.29) is 6.04 Å². The third-order valence-corrected chi connectivity index (χ3v) is 5.38. The Hall–Kier alpha value is -0.560. The van der Waals surface area contributed by atoms with Crippen LogP contribution in [-0.2, 0) is 0 Å². The number of rotatable bonds is 5. The Balaban J connectivity index is 2.48. The van der Waals surface area contributed by atoms with Gasteiger partial charge in [0.05, 0.1) is 27.8 Å². The molecule has 3 nitrogen and oxygen atoms in total. The first-order valence-electron chi connectivity index (χ1n) is 5.94. The van der Waals surface area contributed by atoms with Gasteiger partial charge in [0.25, 0.3) is 0 Å².